The third-order valence-corrected chi connectivity index (χ3v) is 5.94. The number of nitro groups is 1. The molecule has 3 aromatic carbocycles. The van der Waals surface area contributed by atoms with E-state index in [0.717, 1.165) is 17.7 Å². The first kappa shape index (κ1) is 22.3. The molecule has 0 atom stereocenters. The van der Waals surface area contributed by atoms with Crippen molar-refractivity contribution in [2.45, 2.75) is 12.8 Å². The average molecular weight is 445 g/mol. The van der Waals surface area contributed by atoms with Crippen LogP contribution in [0.5, 0.6) is 0 Å². The molecule has 0 aromatic heterocycles. The minimum absolute atomic E-state index is 0.0727. The van der Waals surface area contributed by atoms with Crippen LogP contribution in [0.4, 0.5) is 17.1 Å². The van der Waals surface area contributed by atoms with Crippen LogP contribution in [0.15, 0.2) is 78.9 Å². The van der Waals surface area contributed by atoms with Crippen molar-refractivity contribution in [1.29, 1.82) is 0 Å². The van der Waals surface area contributed by atoms with Gasteiger partial charge in [0.25, 0.3) is 5.69 Å². The molecule has 7 heteroatoms. The highest BCUT2D eigenvalue weighted by Gasteiger charge is 2.23. The highest BCUT2D eigenvalue weighted by Crippen LogP contribution is 2.30. The van der Waals surface area contributed by atoms with E-state index < -0.39 is 0 Å². The van der Waals surface area contributed by atoms with Crippen LogP contribution in [0.25, 0.3) is 0 Å². The van der Waals surface area contributed by atoms with E-state index in [1.165, 1.54) is 5.56 Å². The third-order valence-electron chi connectivity index (χ3n) is 5.94. The van der Waals surface area contributed by atoms with Gasteiger partial charge in [-0.25, -0.2) is 0 Å². The van der Waals surface area contributed by atoms with Gasteiger partial charge in [0.05, 0.1) is 11.3 Å². The first-order valence-corrected chi connectivity index (χ1v) is 11.2. The lowest BCUT2D eigenvalue weighted by Crippen LogP contribution is -2.49. The Hall–Kier alpha value is -3.87. The van der Waals surface area contributed by atoms with Crippen LogP contribution in [0.3, 0.4) is 0 Å². The van der Waals surface area contributed by atoms with E-state index in [1.807, 2.05) is 71.6 Å². The van der Waals surface area contributed by atoms with E-state index in [9.17, 15) is 14.9 Å². The maximum Gasteiger partial charge on any atom is 0.292 e. The normalized spacial score (nSPS) is 13.6. The van der Waals surface area contributed by atoms with Crippen LogP contribution < -0.4 is 10.2 Å². The molecule has 7 nitrogen and oxygen atoms in total. The van der Waals surface area contributed by atoms with Gasteiger partial charge in [0.2, 0.25) is 5.91 Å². The number of benzene rings is 3. The molecule has 0 saturated carbocycles. The first-order chi connectivity index (χ1) is 16.1. The molecule has 4 rings (SSSR count). The molecule has 1 fully saturated rings. The molecular weight excluding hydrogens is 416 g/mol. The third kappa shape index (κ3) is 5.88. The molecule has 33 heavy (non-hydrogen) atoms. The number of rotatable bonds is 8. The summed E-state index contributed by atoms with van der Waals surface area (Å²) in [4.78, 5) is 27.9. The van der Waals surface area contributed by atoms with Crippen molar-refractivity contribution >= 4 is 23.0 Å². The molecule has 0 radical (unpaired) electrons. The van der Waals surface area contributed by atoms with Crippen molar-refractivity contribution in [2.75, 3.05) is 42.9 Å². The zero-order valence-electron chi connectivity index (χ0n) is 18.5. The van der Waals surface area contributed by atoms with Crippen molar-refractivity contribution in [1.82, 2.24) is 4.90 Å². The van der Waals surface area contributed by atoms with Crippen LogP contribution in [0.1, 0.15) is 11.1 Å². The zero-order chi connectivity index (χ0) is 23.0. The summed E-state index contributed by atoms with van der Waals surface area (Å²) in [5, 5.41) is 14.8. The molecule has 1 aliphatic heterocycles. The molecule has 0 spiro atoms. The van der Waals surface area contributed by atoms with Crippen LogP contribution in [-0.2, 0) is 17.6 Å². The predicted molar refractivity (Wildman–Crippen MR) is 131 cm³/mol. The largest absolute Gasteiger partial charge is 0.379 e. The Morgan fingerprint density at radius 3 is 2.15 bits per heavy atom. The van der Waals surface area contributed by atoms with Gasteiger partial charge in [0, 0.05) is 44.5 Å². The number of nitrogens with zero attached hydrogens (tertiary/aromatic N) is 3. The van der Waals surface area contributed by atoms with Crippen LogP contribution in [0.2, 0.25) is 0 Å². The lowest BCUT2D eigenvalue weighted by molar-refractivity contribution is -0.383. The summed E-state index contributed by atoms with van der Waals surface area (Å²) in [6, 6.07) is 25.0. The summed E-state index contributed by atoms with van der Waals surface area (Å²) < 4.78 is 0. The predicted octanol–water partition coefficient (Wildman–Crippen LogP) is 4.14. The minimum Gasteiger partial charge on any atom is -0.379 e. The van der Waals surface area contributed by atoms with Gasteiger partial charge in [-0.05, 0) is 29.7 Å². The van der Waals surface area contributed by atoms with E-state index >= 15 is 0 Å². The lowest BCUT2D eigenvalue weighted by atomic mass is 10.1. The molecular formula is C26H28N4O3. The Morgan fingerprint density at radius 1 is 0.879 bits per heavy atom. The molecule has 1 heterocycles. The monoisotopic (exact) mass is 444 g/mol. The van der Waals surface area contributed by atoms with Crippen molar-refractivity contribution in [2.24, 2.45) is 0 Å². The molecule has 1 N–H and O–H groups in total. The lowest BCUT2D eigenvalue weighted by Gasteiger charge is -2.36. The second-order valence-corrected chi connectivity index (χ2v) is 8.15. The fourth-order valence-corrected chi connectivity index (χ4v) is 4.10. The van der Waals surface area contributed by atoms with Gasteiger partial charge in [-0.15, -0.1) is 0 Å². The summed E-state index contributed by atoms with van der Waals surface area (Å²) in [5.41, 5.74) is 3.73. The van der Waals surface area contributed by atoms with E-state index in [2.05, 4.69) is 10.2 Å². The fraction of sp³-hybridized carbons (Fsp3) is 0.269. The van der Waals surface area contributed by atoms with Gasteiger partial charge in [-0.1, -0.05) is 60.7 Å². The Kier molecular flexibility index (Phi) is 7.19. The van der Waals surface area contributed by atoms with Gasteiger partial charge in [0.15, 0.2) is 0 Å². The van der Waals surface area contributed by atoms with Crippen molar-refractivity contribution in [3.05, 3.63) is 100 Å². The van der Waals surface area contributed by atoms with Gasteiger partial charge in [-0.2, -0.15) is 0 Å². The van der Waals surface area contributed by atoms with E-state index in [0.29, 0.717) is 44.8 Å². The standard InChI is InChI=1S/C26H28N4O3/c31-26(19-22-9-5-2-6-10-22)29-17-15-28(16-18-29)23-11-12-25(30(32)33)24(20-23)27-14-13-21-7-3-1-4-8-21/h1-12,20,27H,13-19H2. The van der Waals surface area contributed by atoms with Crippen molar-refractivity contribution in [3.63, 3.8) is 0 Å². The Bertz CT molecular complexity index is 1080. The first-order valence-electron chi connectivity index (χ1n) is 11.2. The second-order valence-electron chi connectivity index (χ2n) is 8.15. The summed E-state index contributed by atoms with van der Waals surface area (Å²) in [7, 11) is 0. The number of hydrogen-bond donors (Lipinski definition) is 1. The number of anilines is 2. The van der Waals surface area contributed by atoms with Gasteiger partial charge >= 0.3 is 0 Å². The van der Waals surface area contributed by atoms with Crippen LogP contribution >= 0.6 is 0 Å². The topological polar surface area (TPSA) is 78.7 Å². The van der Waals surface area contributed by atoms with E-state index in [4.69, 9.17) is 0 Å². The molecule has 0 unspecified atom stereocenters. The molecule has 0 bridgehead atoms. The fourth-order valence-electron chi connectivity index (χ4n) is 4.10. The highest BCUT2D eigenvalue weighted by molar-refractivity contribution is 5.79. The zero-order valence-corrected chi connectivity index (χ0v) is 18.5. The maximum absolute atomic E-state index is 12.6. The SMILES string of the molecule is O=C(Cc1ccccc1)N1CCN(c2ccc([N+](=O)[O-])c(NCCc3ccccc3)c2)CC1. The molecule has 1 aliphatic rings. The van der Waals surface area contributed by atoms with Gasteiger partial charge in [-0.3, -0.25) is 14.9 Å². The summed E-state index contributed by atoms with van der Waals surface area (Å²) in [5.74, 6) is 0.132. The second kappa shape index (κ2) is 10.6. The average Bonchev–Trinajstić information content (AvgIpc) is 2.85. The van der Waals surface area contributed by atoms with Crippen molar-refractivity contribution in [3.8, 4) is 0 Å². The molecule has 1 amide bonds. The smallest absolute Gasteiger partial charge is 0.292 e. The molecule has 3 aromatic rings. The Labute approximate surface area is 193 Å². The summed E-state index contributed by atoms with van der Waals surface area (Å²) in [6.07, 6.45) is 1.19. The van der Waals surface area contributed by atoms with Crippen molar-refractivity contribution < 1.29 is 9.72 Å². The number of carbonyl (C=O) groups is 1. The number of nitrogens with one attached hydrogen (secondary N) is 1. The minimum atomic E-state index is -0.352. The van der Waals surface area contributed by atoms with Crippen LogP contribution in [0, 0.1) is 10.1 Å². The quantitative estimate of drug-likeness (QED) is 0.417. The van der Waals surface area contributed by atoms with Gasteiger partial charge in [0.1, 0.15) is 5.69 Å². The van der Waals surface area contributed by atoms with Crippen LogP contribution in [-0.4, -0.2) is 48.5 Å². The summed E-state index contributed by atoms with van der Waals surface area (Å²) >= 11 is 0. The number of piperazine rings is 1. The molecule has 1 saturated heterocycles. The maximum atomic E-state index is 12.6. The van der Waals surface area contributed by atoms with E-state index in [-0.39, 0.29) is 16.5 Å². The highest BCUT2D eigenvalue weighted by atomic mass is 16.6. The Morgan fingerprint density at radius 2 is 1.52 bits per heavy atom. The van der Waals surface area contributed by atoms with Gasteiger partial charge < -0.3 is 15.1 Å². The molecule has 0 aliphatic carbocycles. The molecule has 170 valence electrons. The summed E-state index contributed by atoms with van der Waals surface area (Å²) in [6.45, 7) is 3.28. The number of nitro benzene ring substituents is 1. The Balaban J connectivity index is 1.37. The number of hydrogen-bond acceptors (Lipinski definition) is 5. The van der Waals surface area contributed by atoms with E-state index in [1.54, 1.807) is 12.1 Å². The number of carbonyl (C=O) groups excluding carboxylic acids is 1. The number of amides is 1.